The zero-order chi connectivity index (χ0) is 20.3. The summed E-state index contributed by atoms with van der Waals surface area (Å²) in [6.07, 6.45) is 4.18. The first-order valence-corrected chi connectivity index (χ1v) is 11.1. The standard InChI is InChI=1S/C18H28N4O5S/c1-14(18(24)21-8-10-27-11-9-21)19-17(23)16-12-15(13-20(16)2)28(25,26)22-6-4-3-5-7-22/h12-14H,3-11H2,1-2H3,(H,19,23). The molecule has 2 aliphatic rings. The second-order valence-electron chi connectivity index (χ2n) is 7.27. The van der Waals surface area contributed by atoms with Gasteiger partial charge in [0.25, 0.3) is 5.91 Å². The first kappa shape index (κ1) is 20.8. The van der Waals surface area contributed by atoms with E-state index in [1.807, 2.05) is 0 Å². The largest absolute Gasteiger partial charge is 0.378 e. The number of sulfonamides is 1. The molecule has 2 amide bonds. The van der Waals surface area contributed by atoms with E-state index in [0.29, 0.717) is 39.4 Å². The molecule has 2 fully saturated rings. The second-order valence-corrected chi connectivity index (χ2v) is 9.21. The third-order valence-corrected chi connectivity index (χ3v) is 7.07. The van der Waals surface area contributed by atoms with E-state index >= 15 is 0 Å². The third kappa shape index (κ3) is 4.39. The normalized spacial score (nSPS) is 20.0. The van der Waals surface area contributed by atoms with Crippen LogP contribution in [0.5, 0.6) is 0 Å². The molecule has 0 saturated carbocycles. The lowest BCUT2D eigenvalue weighted by molar-refractivity contribution is -0.136. The lowest BCUT2D eigenvalue weighted by atomic mass is 10.2. The molecule has 1 unspecified atom stereocenters. The molecule has 156 valence electrons. The molecule has 2 saturated heterocycles. The Balaban J connectivity index is 1.69. The number of aromatic nitrogens is 1. The summed E-state index contributed by atoms with van der Waals surface area (Å²) in [5.41, 5.74) is 0.206. The molecule has 0 aliphatic carbocycles. The molecule has 3 heterocycles. The predicted octanol–water partition coefficient (Wildman–Crippen LogP) is 0.177. The lowest BCUT2D eigenvalue weighted by Gasteiger charge is -2.29. The van der Waals surface area contributed by atoms with Crippen molar-refractivity contribution in [1.82, 2.24) is 19.1 Å². The van der Waals surface area contributed by atoms with Crippen molar-refractivity contribution in [1.29, 1.82) is 0 Å². The maximum atomic E-state index is 12.8. The monoisotopic (exact) mass is 412 g/mol. The van der Waals surface area contributed by atoms with Crippen molar-refractivity contribution < 1.29 is 22.7 Å². The fourth-order valence-corrected chi connectivity index (χ4v) is 5.13. The first-order valence-electron chi connectivity index (χ1n) is 9.64. The summed E-state index contributed by atoms with van der Waals surface area (Å²) >= 11 is 0. The van der Waals surface area contributed by atoms with E-state index < -0.39 is 22.0 Å². The molecular formula is C18H28N4O5S. The number of amides is 2. The first-order chi connectivity index (χ1) is 13.3. The number of carbonyl (C=O) groups is 2. The molecule has 0 aromatic carbocycles. The molecule has 2 aliphatic heterocycles. The molecule has 3 rings (SSSR count). The second kappa shape index (κ2) is 8.62. The van der Waals surface area contributed by atoms with E-state index in [4.69, 9.17) is 4.74 Å². The number of piperidine rings is 1. The Morgan fingerprint density at radius 2 is 1.75 bits per heavy atom. The number of hydrogen-bond donors (Lipinski definition) is 1. The molecule has 9 nitrogen and oxygen atoms in total. The van der Waals surface area contributed by atoms with Crippen LogP contribution in [0.1, 0.15) is 36.7 Å². The van der Waals surface area contributed by atoms with Crippen molar-refractivity contribution in [2.24, 2.45) is 7.05 Å². The van der Waals surface area contributed by atoms with Crippen LogP contribution in [-0.2, 0) is 26.6 Å². The topological polar surface area (TPSA) is 101 Å². The lowest BCUT2D eigenvalue weighted by Crippen LogP contribution is -2.50. The zero-order valence-electron chi connectivity index (χ0n) is 16.4. The van der Waals surface area contributed by atoms with Crippen molar-refractivity contribution >= 4 is 21.8 Å². The molecule has 0 bridgehead atoms. The van der Waals surface area contributed by atoms with E-state index in [2.05, 4.69) is 5.32 Å². The third-order valence-electron chi connectivity index (χ3n) is 5.21. The number of morpholine rings is 1. The highest BCUT2D eigenvalue weighted by Gasteiger charge is 2.29. The minimum absolute atomic E-state index is 0.106. The van der Waals surface area contributed by atoms with Crippen LogP contribution in [0, 0.1) is 0 Å². The molecule has 1 N–H and O–H groups in total. The summed E-state index contributed by atoms with van der Waals surface area (Å²) in [5.74, 6) is -0.649. The highest BCUT2D eigenvalue weighted by atomic mass is 32.2. The summed E-state index contributed by atoms with van der Waals surface area (Å²) < 4.78 is 33.8. The highest BCUT2D eigenvalue weighted by Crippen LogP contribution is 2.22. The fraction of sp³-hybridized carbons (Fsp3) is 0.667. The van der Waals surface area contributed by atoms with Gasteiger partial charge in [-0.15, -0.1) is 0 Å². The van der Waals surface area contributed by atoms with Gasteiger partial charge in [0.2, 0.25) is 15.9 Å². The molecular weight excluding hydrogens is 384 g/mol. The predicted molar refractivity (Wildman–Crippen MR) is 102 cm³/mol. The van der Waals surface area contributed by atoms with Gasteiger partial charge in [-0.25, -0.2) is 8.42 Å². The average Bonchev–Trinajstić information content (AvgIpc) is 3.11. The van der Waals surface area contributed by atoms with Crippen LogP contribution in [0.25, 0.3) is 0 Å². The number of ether oxygens (including phenoxy) is 1. The smallest absolute Gasteiger partial charge is 0.268 e. The van der Waals surface area contributed by atoms with E-state index in [1.54, 1.807) is 18.9 Å². The zero-order valence-corrected chi connectivity index (χ0v) is 17.2. The Hall–Kier alpha value is -1.91. The van der Waals surface area contributed by atoms with Gasteiger partial charge in [-0.3, -0.25) is 9.59 Å². The average molecular weight is 413 g/mol. The van der Waals surface area contributed by atoms with Gasteiger partial charge in [-0.1, -0.05) is 6.42 Å². The minimum atomic E-state index is -3.62. The summed E-state index contributed by atoms with van der Waals surface area (Å²) in [4.78, 5) is 26.9. The fourth-order valence-electron chi connectivity index (χ4n) is 3.55. The molecule has 10 heteroatoms. The van der Waals surface area contributed by atoms with Gasteiger partial charge in [0.15, 0.2) is 0 Å². The number of rotatable bonds is 5. The molecule has 0 spiro atoms. The maximum Gasteiger partial charge on any atom is 0.268 e. The Morgan fingerprint density at radius 1 is 1.11 bits per heavy atom. The molecule has 28 heavy (non-hydrogen) atoms. The Kier molecular flexibility index (Phi) is 6.41. The van der Waals surface area contributed by atoms with E-state index in [9.17, 15) is 18.0 Å². The molecule has 1 aromatic heterocycles. The number of nitrogens with one attached hydrogen (secondary N) is 1. The SMILES string of the molecule is CC(NC(=O)c1cc(S(=O)(=O)N2CCCCC2)cn1C)C(=O)N1CCOCC1. The maximum absolute atomic E-state index is 12.8. The quantitative estimate of drug-likeness (QED) is 0.743. The van der Waals surface area contributed by atoms with Crippen LogP contribution in [0.2, 0.25) is 0 Å². The van der Waals surface area contributed by atoms with Crippen LogP contribution in [0.3, 0.4) is 0 Å². The van der Waals surface area contributed by atoms with Crippen molar-refractivity contribution in [3.05, 3.63) is 18.0 Å². The number of hydrogen-bond acceptors (Lipinski definition) is 5. The van der Waals surface area contributed by atoms with Crippen molar-refractivity contribution in [2.75, 3.05) is 39.4 Å². The van der Waals surface area contributed by atoms with Gasteiger partial charge in [-0.2, -0.15) is 4.31 Å². The van der Waals surface area contributed by atoms with Gasteiger partial charge < -0.3 is 19.5 Å². The molecule has 1 atom stereocenters. The Bertz CT molecular complexity index is 823. The van der Waals surface area contributed by atoms with Crippen LogP contribution >= 0.6 is 0 Å². The summed E-state index contributed by atoms with van der Waals surface area (Å²) in [6, 6.07) is 0.674. The summed E-state index contributed by atoms with van der Waals surface area (Å²) in [5, 5.41) is 2.68. The van der Waals surface area contributed by atoms with E-state index in [1.165, 1.54) is 21.1 Å². The van der Waals surface area contributed by atoms with Crippen LogP contribution in [0.15, 0.2) is 17.2 Å². The van der Waals surface area contributed by atoms with Gasteiger partial charge in [0.1, 0.15) is 16.6 Å². The van der Waals surface area contributed by atoms with Crippen LogP contribution in [0.4, 0.5) is 0 Å². The van der Waals surface area contributed by atoms with E-state index in [-0.39, 0.29) is 16.5 Å². The summed E-state index contributed by atoms with van der Waals surface area (Å²) in [7, 11) is -1.99. The van der Waals surface area contributed by atoms with Gasteiger partial charge in [0.05, 0.1) is 13.2 Å². The van der Waals surface area contributed by atoms with E-state index in [0.717, 1.165) is 19.3 Å². The Labute approximate surface area is 165 Å². The van der Waals surface area contributed by atoms with Crippen molar-refractivity contribution in [3.8, 4) is 0 Å². The van der Waals surface area contributed by atoms with Gasteiger partial charge in [0, 0.05) is 39.4 Å². The summed E-state index contributed by atoms with van der Waals surface area (Å²) in [6.45, 7) is 4.62. The van der Waals surface area contributed by atoms with Crippen LogP contribution < -0.4 is 5.32 Å². The van der Waals surface area contributed by atoms with Gasteiger partial charge >= 0.3 is 0 Å². The van der Waals surface area contributed by atoms with Crippen LogP contribution in [-0.4, -0.2) is 79.4 Å². The van der Waals surface area contributed by atoms with Gasteiger partial charge in [-0.05, 0) is 25.8 Å². The van der Waals surface area contributed by atoms with Crippen molar-refractivity contribution in [3.63, 3.8) is 0 Å². The minimum Gasteiger partial charge on any atom is -0.378 e. The number of nitrogens with zero attached hydrogens (tertiary/aromatic N) is 3. The Morgan fingerprint density at radius 3 is 2.39 bits per heavy atom. The molecule has 1 aromatic rings. The van der Waals surface area contributed by atoms with Crippen molar-refractivity contribution in [2.45, 2.75) is 37.1 Å². The highest BCUT2D eigenvalue weighted by molar-refractivity contribution is 7.89. The number of carbonyl (C=O) groups excluding carboxylic acids is 2. The molecule has 0 radical (unpaired) electrons. The number of aryl methyl sites for hydroxylation is 1.